The molecule has 1 aliphatic carbocycles. The highest BCUT2D eigenvalue weighted by Gasteiger charge is 2.56. The third-order valence-electron chi connectivity index (χ3n) is 24.0. The Balaban J connectivity index is 0.856. The number of para-hydroxylation sites is 11. The van der Waals surface area contributed by atoms with E-state index in [0.29, 0.717) is 0 Å². The van der Waals surface area contributed by atoms with Gasteiger partial charge in [0.05, 0.1) is 28.2 Å². The lowest BCUT2D eigenvalue weighted by atomic mass is 9.33. The second-order valence-corrected chi connectivity index (χ2v) is 29.8. The van der Waals surface area contributed by atoms with Crippen molar-refractivity contribution in [1.82, 2.24) is 0 Å². The molecule has 0 bridgehead atoms. The summed E-state index contributed by atoms with van der Waals surface area (Å²) in [4.78, 5) is 17.8. The Kier molecular flexibility index (Phi) is 14.3. The molecule has 112 heavy (non-hydrogen) atoms. The van der Waals surface area contributed by atoms with Crippen molar-refractivity contribution in [2.24, 2.45) is 0 Å². The van der Waals surface area contributed by atoms with Gasteiger partial charge in [0.15, 0.2) is 0 Å². The molecular weight excluding hydrogens is 1360 g/mol. The van der Waals surface area contributed by atoms with Crippen molar-refractivity contribution in [3.8, 4) is 11.1 Å². The van der Waals surface area contributed by atoms with Gasteiger partial charge in [-0.15, -0.1) is 0 Å². The largest absolute Gasteiger partial charge is 0.311 e. The fraction of sp³-hybridized carbons (Fsp3) is 0.00971. The molecule has 9 heteroatoms. The van der Waals surface area contributed by atoms with Gasteiger partial charge in [0.2, 0.25) is 0 Å². The Bertz CT molecular complexity index is 6100. The summed E-state index contributed by atoms with van der Waals surface area (Å²) in [6, 6.07) is 157. The maximum absolute atomic E-state index is 2.70. The molecule has 1 spiro atoms. The summed E-state index contributed by atoms with van der Waals surface area (Å²) in [6.07, 6.45) is 0. The van der Waals surface area contributed by atoms with Crippen LogP contribution >= 0.6 is 0 Å². The van der Waals surface area contributed by atoms with Crippen LogP contribution in [0.1, 0.15) is 22.3 Å². The third-order valence-corrected chi connectivity index (χ3v) is 24.0. The fourth-order valence-electron chi connectivity index (χ4n) is 19.7. The predicted octanol–water partition coefficient (Wildman–Crippen LogP) is 22.9. The van der Waals surface area contributed by atoms with Crippen molar-refractivity contribution < 1.29 is 0 Å². The molecule has 0 radical (unpaired) electrons. The van der Waals surface area contributed by atoms with E-state index >= 15 is 0 Å². The fourth-order valence-corrected chi connectivity index (χ4v) is 19.7. The molecule has 0 fully saturated rings. The molecule has 0 atom stereocenters. The van der Waals surface area contributed by atoms with Gasteiger partial charge in [-0.2, -0.15) is 0 Å². The lowest BCUT2D eigenvalue weighted by molar-refractivity contribution is 0.754. The first-order valence-electron chi connectivity index (χ1n) is 38.8. The zero-order valence-electron chi connectivity index (χ0n) is 61.1. The number of hydrogen-bond acceptors (Lipinski definition) is 7. The number of rotatable bonds is 11. The molecule has 17 aromatic rings. The van der Waals surface area contributed by atoms with Crippen molar-refractivity contribution in [2.75, 3.05) is 34.3 Å². The summed E-state index contributed by atoms with van der Waals surface area (Å²) in [6.45, 7) is -0.469. The minimum absolute atomic E-state index is 0.235. The average molecular weight is 1430 g/mol. The number of hydrogen-bond donors (Lipinski definition) is 0. The van der Waals surface area contributed by atoms with Gasteiger partial charge in [-0.3, -0.25) is 0 Å². The molecule has 0 N–H and O–H groups in total. The summed E-state index contributed by atoms with van der Waals surface area (Å²) in [7, 11) is 0. The average Bonchev–Trinajstić information content (AvgIpc) is 1.30. The monoisotopic (exact) mass is 1430 g/mol. The SMILES string of the molecule is c1ccc(N(c2ccccc2)c2cc3c4c(c2)N(c2ccccc2)c2cc5c(cc2B4c2ccccc2N3c2ccccc2)C2(c3ccccc3-c3ccccc32)c2cc3c(cc2N5c2ccccc2)N(c2ccccc2)c2cc(N(c4ccccc4)c4ccccc4)cc4c2B3c2ccccc2N4c2ccccc2)cc1. The van der Waals surface area contributed by atoms with Gasteiger partial charge in [-0.1, -0.05) is 261 Å². The van der Waals surface area contributed by atoms with Gasteiger partial charge in [-0.25, -0.2) is 0 Å². The molecule has 0 aromatic heterocycles. The number of fused-ring (bicyclic) bond motifs is 17. The zero-order chi connectivity index (χ0) is 73.5. The Morgan fingerprint density at radius 1 is 0.179 bits per heavy atom. The quantitative estimate of drug-likeness (QED) is 0.119. The van der Waals surface area contributed by atoms with Crippen LogP contribution in [-0.4, -0.2) is 13.4 Å². The summed E-state index contributed by atoms with van der Waals surface area (Å²) >= 11 is 0. The Labute approximate surface area is 653 Å². The summed E-state index contributed by atoms with van der Waals surface area (Å²) in [5.74, 6) is 0. The van der Waals surface area contributed by atoms with Crippen LogP contribution in [0, 0.1) is 0 Å². The molecule has 0 saturated heterocycles. The van der Waals surface area contributed by atoms with E-state index in [4.69, 9.17) is 0 Å². The summed E-state index contributed by atoms with van der Waals surface area (Å²) in [5, 5.41) is 0. The van der Waals surface area contributed by atoms with Crippen molar-refractivity contribution >= 4 is 166 Å². The van der Waals surface area contributed by atoms with Gasteiger partial charge in [-0.05, 0) is 224 Å². The normalized spacial score (nSPS) is 13.7. The van der Waals surface area contributed by atoms with E-state index in [1.54, 1.807) is 0 Å². The van der Waals surface area contributed by atoms with Crippen LogP contribution in [0.4, 0.5) is 119 Å². The van der Waals surface area contributed by atoms with Gasteiger partial charge < -0.3 is 34.3 Å². The first-order valence-corrected chi connectivity index (χ1v) is 38.8. The standard InChI is InChI=1S/C103H69B2N7/c1-10-36-70(37-11-1)106(71-38-12-2-13-39-71)79-62-97-101-99(64-79)111(77-50-24-8-25-51-77)95-68-93-85(66-89(95)104(101)87-58-32-34-60-91(87)108(97)74-44-18-5-19-45-74)103(83-56-30-28-54-81(83)82-55-29-31-57-84(82)103)86-67-90-96(69-94(86)110(93)76-48-22-7-23-49-76)112(78-52-26-9-27-53-78)100-65-80(107(72-40-14-3-15-41-72)73-42-16-4-17-43-73)63-98-102(100)105(90)88-59-33-35-61-92(88)109(98)75-46-20-6-21-47-75/h1-69H. The minimum atomic E-state index is -0.894. The number of anilines is 21. The first kappa shape index (κ1) is 63.6. The van der Waals surface area contributed by atoms with Gasteiger partial charge in [0.1, 0.15) is 0 Å². The molecule has 0 unspecified atom stereocenters. The van der Waals surface area contributed by atoms with Crippen LogP contribution in [-0.2, 0) is 5.41 Å². The predicted molar refractivity (Wildman–Crippen MR) is 469 cm³/mol. The van der Waals surface area contributed by atoms with Crippen molar-refractivity contribution in [3.63, 3.8) is 0 Å². The van der Waals surface area contributed by atoms with E-state index in [2.05, 4.69) is 453 Å². The second kappa shape index (κ2) is 25.3. The Morgan fingerprint density at radius 3 is 0.741 bits per heavy atom. The molecule has 5 aliphatic heterocycles. The maximum Gasteiger partial charge on any atom is 0.252 e. The van der Waals surface area contributed by atoms with Crippen molar-refractivity contribution in [2.45, 2.75) is 5.41 Å². The molecule has 5 heterocycles. The van der Waals surface area contributed by atoms with Crippen LogP contribution < -0.4 is 67.1 Å². The molecular formula is C103H69B2N7. The van der Waals surface area contributed by atoms with Gasteiger partial charge in [0.25, 0.3) is 13.4 Å². The van der Waals surface area contributed by atoms with Crippen molar-refractivity contribution in [1.29, 1.82) is 0 Å². The van der Waals surface area contributed by atoms with Gasteiger partial charge in [0, 0.05) is 96.7 Å². The van der Waals surface area contributed by atoms with E-state index in [-0.39, 0.29) is 13.4 Å². The molecule has 17 aromatic carbocycles. The van der Waals surface area contributed by atoms with E-state index in [9.17, 15) is 0 Å². The highest BCUT2D eigenvalue weighted by Crippen LogP contribution is 2.65. The molecule has 0 amide bonds. The lowest BCUT2D eigenvalue weighted by Crippen LogP contribution is -2.62. The molecule has 522 valence electrons. The Morgan fingerprint density at radius 2 is 0.429 bits per heavy atom. The molecule has 7 nitrogen and oxygen atoms in total. The van der Waals surface area contributed by atoms with Crippen LogP contribution in [0.25, 0.3) is 11.1 Å². The van der Waals surface area contributed by atoms with Crippen molar-refractivity contribution in [3.05, 3.63) is 441 Å². The lowest BCUT2D eigenvalue weighted by Gasteiger charge is -2.50. The van der Waals surface area contributed by atoms with E-state index < -0.39 is 5.41 Å². The highest BCUT2D eigenvalue weighted by atomic mass is 15.2. The molecule has 23 rings (SSSR count). The third kappa shape index (κ3) is 9.37. The van der Waals surface area contributed by atoms with Crippen LogP contribution in [0.3, 0.4) is 0 Å². The minimum Gasteiger partial charge on any atom is -0.311 e. The van der Waals surface area contributed by atoms with Crippen LogP contribution in [0.5, 0.6) is 0 Å². The first-order chi connectivity index (χ1) is 55.6. The second-order valence-electron chi connectivity index (χ2n) is 29.8. The number of benzene rings is 17. The summed E-state index contributed by atoms with van der Waals surface area (Å²) in [5.41, 5.74) is 36.9. The van der Waals surface area contributed by atoms with E-state index in [0.717, 1.165) is 119 Å². The molecule has 0 saturated carbocycles. The topological polar surface area (TPSA) is 22.7 Å². The zero-order valence-corrected chi connectivity index (χ0v) is 61.1. The highest BCUT2D eigenvalue weighted by molar-refractivity contribution is 7.01. The van der Waals surface area contributed by atoms with Crippen LogP contribution in [0.15, 0.2) is 419 Å². The smallest absolute Gasteiger partial charge is 0.252 e. The van der Waals surface area contributed by atoms with Gasteiger partial charge >= 0.3 is 0 Å². The number of nitrogens with zero attached hydrogens (tertiary/aromatic N) is 7. The van der Waals surface area contributed by atoms with E-state index in [1.165, 1.54) is 66.2 Å². The summed E-state index contributed by atoms with van der Waals surface area (Å²) < 4.78 is 0. The Hall–Kier alpha value is -14.5. The van der Waals surface area contributed by atoms with Crippen LogP contribution in [0.2, 0.25) is 0 Å². The maximum atomic E-state index is 2.70. The molecule has 6 aliphatic rings. The van der Waals surface area contributed by atoms with E-state index in [1.807, 2.05) is 0 Å².